The van der Waals surface area contributed by atoms with Gasteiger partial charge >= 0.3 is 6.01 Å². The summed E-state index contributed by atoms with van der Waals surface area (Å²) in [4.78, 5) is 0. The number of benzene rings is 1. The number of nitrogens with one attached hydrogen (secondary N) is 2. The zero-order chi connectivity index (χ0) is 14.8. The predicted molar refractivity (Wildman–Crippen MR) is 70.4 cm³/mol. The number of anilines is 2. The van der Waals surface area contributed by atoms with E-state index in [0.29, 0.717) is 0 Å². The molecule has 2 rings (SSSR count). The lowest BCUT2D eigenvalue weighted by Crippen LogP contribution is -2.25. The van der Waals surface area contributed by atoms with E-state index in [1.165, 1.54) is 12.1 Å². The Kier molecular flexibility index (Phi) is 4.00. The summed E-state index contributed by atoms with van der Waals surface area (Å²) in [5.41, 5.74) is 0.187. The molecule has 0 aliphatic carbocycles. The molecule has 9 heteroatoms. The first-order valence-corrected chi connectivity index (χ1v) is 7.56. The van der Waals surface area contributed by atoms with Gasteiger partial charge in [0.05, 0.1) is 18.0 Å². The van der Waals surface area contributed by atoms with Crippen LogP contribution in [-0.4, -0.2) is 24.9 Å². The van der Waals surface area contributed by atoms with Crippen LogP contribution in [0.15, 0.2) is 28.7 Å². The standard InChI is InChI=1S/C11H13FN4O3S/c1-7(16-20(2,17)18)10-14-15-11(19-10)13-9-6-4-3-5-8(9)12/h3-7,16H,1-2H3,(H,13,15). The molecule has 2 aromatic rings. The number of halogens is 1. The summed E-state index contributed by atoms with van der Waals surface area (Å²) in [6.45, 7) is 1.56. The number of para-hydroxylation sites is 1. The Hall–Kier alpha value is -2.00. The van der Waals surface area contributed by atoms with E-state index >= 15 is 0 Å². The molecule has 1 aromatic heterocycles. The Labute approximate surface area is 115 Å². The van der Waals surface area contributed by atoms with Gasteiger partial charge in [-0.25, -0.2) is 17.5 Å². The van der Waals surface area contributed by atoms with E-state index < -0.39 is 21.9 Å². The highest BCUT2D eigenvalue weighted by Gasteiger charge is 2.17. The Morgan fingerprint density at radius 3 is 2.65 bits per heavy atom. The van der Waals surface area contributed by atoms with E-state index in [1.807, 2.05) is 0 Å². The molecule has 20 heavy (non-hydrogen) atoms. The van der Waals surface area contributed by atoms with Crippen LogP contribution in [0.2, 0.25) is 0 Å². The molecule has 0 spiro atoms. The Morgan fingerprint density at radius 1 is 1.30 bits per heavy atom. The lowest BCUT2D eigenvalue weighted by molar-refractivity contribution is 0.454. The summed E-state index contributed by atoms with van der Waals surface area (Å²) in [7, 11) is -3.39. The third kappa shape index (κ3) is 3.75. The molecule has 0 aliphatic heterocycles. The summed E-state index contributed by atoms with van der Waals surface area (Å²) in [6.07, 6.45) is 1.03. The first-order valence-electron chi connectivity index (χ1n) is 5.67. The highest BCUT2D eigenvalue weighted by molar-refractivity contribution is 7.88. The average Bonchev–Trinajstić information content (AvgIpc) is 2.79. The van der Waals surface area contributed by atoms with Gasteiger partial charge in [0.1, 0.15) is 5.82 Å². The van der Waals surface area contributed by atoms with Gasteiger partial charge in [0, 0.05) is 0 Å². The fourth-order valence-electron chi connectivity index (χ4n) is 1.51. The lowest BCUT2D eigenvalue weighted by Gasteiger charge is -2.06. The monoisotopic (exact) mass is 300 g/mol. The van der Waals surface area contributed by atoms with Crippen molar-refractivity contribution in [3.8, 4) is 0 Å². The molecule has 0 saturated carbocycles. The van der Waals surface area contributed by atoms with Gasteiger partial charge in [-0.05, 0) is 19.1 Å². The van der Waals surface area contributed by atoms with Gasteiger partial charge in [-0.15, -0.1) is 5.10 Å². The maximum atomic E-state index is 13.4. The number of rotatable bonds is 5. The van der Waals surface area contributed by atoms with Gasteiger partial charge in [0.15, 0.2) is 0 Å². The molecule has 0 fully saturated rings. The SMILES string of the molecule is CC(NS(C)(=O)=O)c1nnc(Nc2ccccc2F)o1. The fraction of sp³-hybridized carbons (Fsp3) is 0.273. The van der Waals surface area contributed by atoms with E-state index in [9.17, 15) is 12.8 Å². The van der Waals surface area contributed by atoms with Crippen molar-refractivity contribution in [3.05, 3.63) is 36.0 Å². The molecule has 1 atom stereocenters. The number of sulfonamides is 1. The van der Waals surface area contributed by atoms with Crippen molar-refractivity contribution in [1.82, 2.24) is 14.9 Å². The molecule has 0 aliphatic rings. The Bertz CT molecular complexity index is 701. The summed E-state index contributed by atoms with van der Waals surface area (Å²) in [5, 5.41) is 9.99. The van der Waals surface area contributed by atoms with Gasteiger partial charge in [-0.1, -0.05) is 17.2 Å². The summed E-state index contributed by atoms with van der Waals surface area (Å²) >= 11 is 0. The molecule has 1 unspecified atom stereocenters. The molecule has 7 nitrogen and oxygen atoms in total. The van der Waals surface area contributed by atoms with Crippen LogP contribution in [0.25, 0.3) is 0 Å². The summed E-state index contributed by atoms with van der Waals surface area (Å²) in [5.74, 6) is -0.385. The highest BCUT2D eigenvalue weighted by Crippen LogP contribution is 2.20. The van der Waals surface area contributed by atoms with Crippen molar-refractivity contribution in [2.75, 3.05) is 11.6 Å². The second-order valence-corrected chi connectivity index (χ2v) is 5.94. The Morgan fingerprint density at radius 2 is 2.00 bits per heavy atom. The second kappa shape index (κ2) is 5.55. The molecular weight excluding hydrogens is 287 g/mol. The summed E-state index contributed by atoms with van der Waals surface area (Å²) in [6, 6.07) is 5.31. The fourth-order valence-corrected chi connectivity index (χ4v) is 2.25. The van der Waals surface area contributed by atoms with Crippen LogP contribution in [0.4, 0.5) is 16.1 Å². The first-order chi connectivity index (χ1) is 9.35. The van der Waals surface area contributed by atoms with Crippen molar-refractivity contribution < 1.29 is 17.2 Å². The third-order valence-corrected chi connectivity index (χ3v) is 3.10. The van der Waals surface area contributed by atoms with Crippen LogP contribution < -0.4 is 10.0 Å². The number of aromatic nitrogens is 2. The van der Waals surface area contributed by atoms with Gasteiger partial charge in [-0.3, -0.25) is 0 Å². The van der Waals surface area contributed by atoms with Crippen LogP contribution >= 0.6 is 0 Å². The molecule has 1 aromatic carbocycles. The second-order valence-electron chi connectivity index (χ2n) is 4.16. The number of nitrogens with zero attached hydrogens (tertiary/aromatic N) is 2. The van der Waals surface area contributed by atoms with E-state index in [1.54, 1.807) is 19.1 Å². The molecule has 0 amide bonds. The number of hydrogen-bond donors (Lipinski definition) is 2. The van der Waals surface area contributed by atoms with Crippen molar-refractivity contribution >= 4 is 21.7 Å². The molecular formula is C11H13FN4O3S. The van der Waals surface area contributed by atoms with Crippen molar-refractivity contribution in [3.63, 3.8) is 0 Å². The van der Waals surface area contributed by atoms with E-state index in [4.69, 9.17) is 4.42 Å². The molecule has 2 N–H and O–H groups in total. The minimum Gasteiger partial charge on any atom is -0.406 e. The predicted octanol–water partition coefficient (Wildman–Crippen LogP) is 1.56. The summed E-state index contributed by atoms with van der Waals surface area (Å²) < 4.78 is 43.1. The zero-order valence-electron chi connectivity index (χ0n) is 10.8. The van der Waals surface area contributed by atoms with Gasteiger partial charge < -0.3 is 9.73 Å². The minimum atomic E-state index is -3.39. The third-order valence-electron chi connectivity index (χ3n) is 2.32. The van der Waals surface area contributed by atoms with Crippen LogP contribution in [0.3, 0.4) is 0 Å². The normalized spacial score (nSPS) is 13.2. The van der Waals surface area contributed by atoms with E-state index in [-0.39, 0.29) is 17.6 Å². The maximum absolute atomic E-state index is 13.4. The lowest BCUT2D eigenvalue weighted by atomic mass is 10.3. The highest BCUT2D eigenvalue weighted by atomic mass is 32.2. The van der Waals surface area contributed by atoms with Crippen molar-refractivity contribution in [1.29, 1.82) is 0 Å². The van der Waals surface area contributed by atoms with Gasteiger partial charge in [0.2, 0.25) is 15.9 Å². The van der Waals surface area contributed by atoms with Gasteiger partial charge in [0.25, 0.3) is 0 Å². The van der Waals surface area contributed by atoms with Crippen LogP contribution in [0, 0.1) is 5.82 Å². The quantitative estimate of drug-likeness (QED) is 0.869. The minimum absolute atomic E-state index is 0.0211. The van der Waals surface area contributed by atoms with Crippen LogP contribution in [-0.2, 0) is 10.0 Å². The van der Waals surface area contributed by atoms with E-state index in [2.05, 4.69) is 20.2 Å². The molecule has 0 saturated heterocycles. The topological polar surface area (TPSA) is 97.1 Å². The molecule has 0 radical (unpaired) electrons. The average molecular weight is 300 g/mol. The number of hydrogen-bond acceptors (Lipinski definition) is 6. The van der Waals surface area contributed by atoms with Crippen LogP contribution in [0.5, 0.6) is 0 Å². The van der Waals surface area contributed by atoms with E-state index in [0.717, 1.165) is 6.26 Å². The van der Waals surface area contributed by atoms with Crippen LogP contribution in [0.1, 0.15) is 18.9 Å². The van der Waals surface area contributed by atoms with Crippen molar-refractivity contribution in [2.45, 2.75) is 13.0 Å². The zero-order valence-corrected chi connectivity index (χ0v) is 11.6. The Balaban J connectivity index is 2.12. The largest absolute Gasteiger partial charge is 0.406 e. The molecule has 0 bridgehead atoms. The smallest absolute Gasteiger partial charge is 0.320 e. The van der Waals surface area contributed by atoms with Gasteiger partial charge in [-0.2, -0.15) is 0 Å². The first kappa shape index (κ1) is 14.4. The molecule has 108 valence electrons. The molecule has 1 heterocycles. The maximum Gasteiger partial charge on any atom is 0.320 e. The van der Waals surface area contributed by atoms with Crippen molar-refractivity contribution in [2.24, 2.45) is 0 Å².